The first-order chi connectivity index (χ1) is 14.7. The van der Waals surface area contributed by atoms with E-state index < -0.39 is 5.78 Å². The van der Waals surface area contributed by atoms with Crippen molar-refractivity contribution < 1.29 is 9.59 Å². The summed E-state index contributed by atoms with van der Waals surface area (Å²) in [5.74, 6) is -0.499. The van der Waals surface area contributed by atoms with Crippen LogP contribution in [-0.4, -0.2) is 12.1 Å². The van der Waals surface area contributed by atoms with Crippen LogP contribution in [0.3, 0.4) is 0 Å². The van der Waals surface area contributed by atoms with Gasteiger partial charge in [0.25, 0.3) is 0 Å². The van der Waals surface area contributed by atoms with Crippen molar-refractivity contribution in [3.8, 4) is 22.3 Å². The first-order valence-electron chi connectivity index (χ1n) is 9.85. The maximum absolute atomic E-state index is 12.3. The largest absolute Gasteiger partial charge is 0.294 e. The summed E-state index contributed by atoms with van der Waals surface area (Å²) in [5.41, 5.74) is 4.88. The fraction of sp³-hybridized carbons (Fsp3) is 0. The third-order valence-electron chi connectivity index (χ3n) is 5.54. The number of rotatable bonds is 4. The van der Waals surface area contributed by atoms with Gasteiger partial charge in [-0.25, -0.2) is 0 Å². The van der Waals surface area contributed by atoms with Crippen molar-refractivity contribution in [1.82, 2.24) is 0 Å². The van der Waals surface area contributed by atoms with Crippen molar-refractivity contribution in [3.05, 3.63) is 109 Å². The molecule has 0 bridgehead atoms. The van der Waals surface area contributed by atoms with Gasteiger partial charge >= 0.3 is 0 Å². The molecule has 5 aromatic carbocycles. The number of Topliss-reactive ketones (excluding diaryl/α,β-unsaturated/α-hetero) is 1. The minimum Gasteiger partial charge on any atom is -0.294 e. The molecule has 2 nitrogen and oxygen atoms in total. The van der Waals surface area contributed by atoms with E-state index in [0.717, 1.165) is 43.8 Å². The van der Waals surface area contributed by atoms with Crippen LogP contribution in [0, 0.1) is 0 Å². The van der Waals surface area contributed by atoms with E-state index in [2.05, 4.69) is 42.5 Å². The second-order valence-corrected chi connectivity index (χ2v) is 7.33. The van der Waals surface area contributed by atoms with E-state index in [4.69, 9.17) is 0 Å². The molecule has 2 heteroatoms. The van der Waals surface area contributed by atoms with Gasteiger partial charge in [-0.1, -0.05) is 84.9 Å². The lowest BCUT2D eigenvalue weighted by atomic mass is 9.91. The molecule has 0 saturated heterocycles. The van der Waals surface area contributed by atoms with E-state index >= 15 is 0 Å². The van der Waals surface area contributed by atoms with Gasteiger partial charge in [-0.15, -0.1) is 0 Å². The maximum atomic E-state index is 12.3. The summed E-state index contributed by atoms with van der Waals surface area (Å²) in [6, 6.07) is 34.5. The molecule has 0 saturated carbocycles. The molecule has 0 amide bonds. The van der Waals surface area contributed by atoms with Gasteiger partial charge in [0.1, 0.15) is 0 Å². The van der Waals surface area contributed by atoms with Gasteiger partial charge in [-0.3, -0.25) is 9.59 Å². The Bertz CT molecular complexity index is 1400. The van der Waals surface area contributed by atoms with Crippen molar-refractivity contribution in [3.63, 3.8) is 0 Å². The number of benzene rings is 5. The van der Waals surface area contributed by atoms with E-state index in [-0.39, 0.29) is 0 Å². The zero-order valence-corrected chi connectivity index (χ0v) is 16.2. The van der Waals surface area contributed by atoms with Crippen molar-refractivity contribution in [2.45, 2.75) is 0 Å². The summed E-state index contributed by atoms with van der Waals surface area (Å²) in [4.78, 5) is 23.6. The first-order valence-corrected chi connectivity index (χ1v) is 9.85. The first kappa shape index (κ1) is 18.0. The molecule has 0 aromatic heterocycles. The summed E-state index contributed by atoms with van der Waals surface area (Å²) < 4.78 is 0. The highest BCUT2D eigenvalue weighted by Crippen LogP contribution is 2.35. The number of hydrogen-bond donors (Lipinski definition) is 0. The van der Waals surface area contributed by atoms with Gasteiger partial charge in [-0.2, -0.15) is 0 Å². The molecule has 0 fully saturated rings. The minimum absolute atomic E-state index is 0.393. The van der Waals surface area contributed by atoms with Crippen LogP contribution in [0.1, 0.15) is 10.4 Å². The lowest BCUT2D eigenvalue weighted by Gasteiger charge is -2.12. The highest BCUT2D eigenvalue weighted by atomic mass is 16.2. The number of fused-ring (bicyclic) bond motifs is 3. The topological polar surface area (TPSA) is 34.1 Å². The number of carbonyl (C=O) groups is 2. The van der Waals surface area contributed by atoms with Gasteiger partial charge < -0.3 is 0 Å². The molecule has 0 atom stereocenters. The molecule has 30 heavy (non-hydrogen) atoms. The van der Waals surface area contributed by atoms with Crippen LogP contribution in [0.15, 0.2) is 103 Å². The molecule has 0 N–H and O–H groups in total. The van der Waals surface area contributed by atoms with Gasteiger partial charge in [0.05, 0.1) is 0 Å². The molecule has 0 aliphatic rings. The number of carbonyl (C=O) groups excluding carboxylic acids is 2. The Hall–Kier alpha value is -4.04. The van der Waals surface area contributed by atoms with E-state index in [9.17, 15) is 9.59 Å². The fourth-order valence-corrected chi connectivity index (χ4v) is 4.04. The number of hydrogen-bond acceptors (Lipinski definition) is 2. The molecule has 5 aromatic rings. The normalized spacial score (nSPS) is 10.9. The highest BCUT2D eigenvalue weighted by molar-refractivity contribution is 6.37. The quantitative estimate of drug-likeness (QED) is 0.149. The Morgan fingerprint density at radius 2 is 1.10 bits per heavy atom. The Kier molecular flexibility index (Phi) is 4.45. The summed E-state index contributed by atoms with van der Waals surface area (Å²) in [7, 11) is 0. The van der Waals surface area contributed by atoms with Crippen LogP contribution >= 0.6 is 0 Å². The van der Waals surface area contributed by atoms with Crippen LogP contribution in [0.2, 0.25) is 0 Å². The standard InChI is InChI=1S/C28H18O2/c29-18-28(30)27-17-23-12-11-21(19-7-3-1-4-8-19)15-25(23)26-16-22(13-14-24(26)27)20-9-5-2-6-10-20/h1-18H. The molecule has 0 heterocycles. The van der Waals surface area contributed by atoms with E-state index in [1.165, 1.54) is 0 Å². The van der Waals surface area contributed by atoms with E-state index in [0.29, 0.717) is 11.8 Å². The molecule has 0 aliphatic heterocycles. The molecule has 0 aliphatic carbocycles. The second kappa shape index (κ2) is 7.41. The zero-order chi connectivity index (χ0) is 20.5. The molecular weight excluding hydrogens is 368 g/mol. The van der Waals surface area contributed by atoms with Crippen molar-refractivity contribution >= 4 is 33.6 Å². The average Bonchev–Trinajstić information content (AvgIpc) is 2.83. The van der Waals surface area contributed by atoms with E-state index in [1.54, 1.807) is 0 Å². The molecule has 142 valence electrons. The Balaban J connectivity index is 1.84. The predicted octanol–water partition coefficient (Wildman–Crippen LogP) is 6.71. The molecule has 5 rings (SSSR count). The summed E-state index contributed by atoms with van der Waals surface area (Å²) >= 11 is 0. The van der Waals surface area contributed by atoms with Crippen LogP contribution < -0.4 is 0 Å². The maximum Gasteiger partial charge on any atom is 0.226 e. The van der Waals surface area contributed by atoms with Crippen LogP contribution in [-0.2, 0) is 4.79 Å². The van der Waals surface area contributed by atoms with Crippen LogP contribution in [0.25, 0.3) is 43.8 Å². The van der Waals surface area contributed by atoms with Crippen molar-refractivity contribution in [1.29, 1.82) is 0 Å². The number of ketones is 1. The van der Waals surface area contributed by atoms with Crippen LogP contribution in [0.5, 0.6) is 0 Å². The van der Waals surface area contributed by atoms with E-state index in [1.807, 2.05) is 60.7 Å². The molecule has 0 radical (unpaired) electrons. The summed E-state index contributed by atoms with van der Waals surface area (Å²) in [6.07, 6.45) is 0.393. The minimum atomic E-state index is -0.499. The smallest absolute Gasteiger partial charge is 0.226 e. The van der Waals surface area contributed by atoms with Crippen molar-refractivity contribution in [2.24, 2.45) is 0 Å². The third-order valence-corrected chi connectivity index (χ3v) is 5.54. The third kappa shape index (κ3) is 3.09. The number of aldehydes is 1. The van der Waals surface area contributed by atoms with Gasteiger partial charge in [-0.05, 0) is 62.0 Å². The Morgan fingerprint density at radius 3 is 1.70 bits per heavy atom. The van der Waals surface area contributed by atoms with Gasteiger partial charge in [0.15, 0.2) is 6.29 Å². The second-order valence-electron chi connectivity index (χ2n) is 7.33. The van der Waals surface area contributed by atoms with Gasteiger partial charge in [0, 0.05) is 5.56 Å². The SMILES string of the molecule is O=CC(=O)c1cc2ccc(-c3ccccc3)cc2c2cc(-c3ccccc3)ccc12. The van der Waals surface area contributed by atoms with Crippen molar-refractivity contribution in [2.75, 3.05) is 0 Å². The Labute approximate surface area is 174 Å². The molecule has 0 unspecified atom stereocenters. The molecule has 0 spiro atoms. The van der Waals surface area contributed by atoms with Gasteiger partial charge in [0.2, 0.25) is 5.78 Å². The summed E-state index contributed by atoms with van der Waals surface area (Å²) in [6.45, 7) is 0. The van der Waals surface area contributed by atoms with Crippen LogP contribution in [0.4, 0.5) is 0 Å². The lowest BCUT2D eigenvalue weighted by molar-refractivity contribution is -0.104. The zero-order valence-electron chi connectivity index (χ0n) is 16.2. The molecular formula is C28H18O2. The highest BCUT2D eigenvalue weighted by Gasteiger charge is 2.14. The summed E-state index contributed by atoms with van der Waals surface area (Å²) in [5, 5.41) is 3.77. The average molecular weight is 386 g/mol. The monoisotopic (exact) mass is 386 g/mol. The predicted molar refractivity (Wildman–Crippen MR) is 123 cm³/mol. The lowest BCUT2D eigenvalue weighted by Crippen LogP contribution is -2.01. The fourth-order valence-electron chi connectivity index (χ4n) is 4.04. The Morgan fingerprint density at radius 1 is 0.533 bits per heavy atom.